The molecule has 0 fully saturated rings. The predicted octanol–water partition coefficient (Wildman–Crippen LogP) is 4.22. The highest BCUT2D eigenvalue weighted by Crippen LogP contribution is 2.22. The lowest BCUT2D eigenvalue weighted by Crippen LogP contribution is -2.14. The third kappa shape index (κ3) is 6.06. The van der Waals surface area contributed by atoms with Gasteiger partial charge in [-0.1, -0.05) is 39.0 Å². The van der Waals surface area contributed by atoms with E-state index in [1.165, 1.54) is 18.2 Å². The van der Waals surface area contributed by atoms with E-state index >= 15 is 0 Å². The Kier molecular flexibility index (Phi) is 7.78. The van der Waals surface area contributed by atoms with Crippen LogP contribution in [-0.4, -0.2) is 16.7 Å². The van der Waals surface area contributed by atoms with Gasteiger partial charge in [0.05, 0.1) is 4.92 Å². The summed E-state index contributed by atoms with van der Waals surface area (Å²) in [6.45, 7) is 5.66. The molecule has 0 atom stereocenters. The fourth-order valence-corrected chi connectivity index (χ4v) is 1.89. The summed E-state index contributed by atoms with van der Waals surface area (Å²) in [5, 5.41) is 16.2. The first-order valence-corrected chi connectivity index (χ1v) is 7.95. The Morgan fingerprint density at radius 1 is 1.00 bits per heavy atom. The van der Waals surface area contributed by atoms with Crippen LogP contribution in [0.4, 0.5) is 17.1 Å². The molecule has 25 heavy (non-hydrogen) atoms. The maximum Gasteiger partial charge on any atom is 0.272 e. The van der Waals surface area contributed by atoms with Crippen molar-refractivity contribution < 1.29 is 14.5 Å². The summed E-state index contributed by atoms with van der Waals surface area (Å²) in [5.74, 6) is -0.785. The Balaban J connectivity index is 0.00000151. The van der Waals surface area contributed by atoms with Gasteiger partial charge in [0.1, 0.15) is 0 Å². The van der Waals surface area contributed by atoms with Gasteiger partial charge in [-0.05, 0) is 18.2 Å². The number of carbonyl (C=O) groups excluding carboxylic acids is 2. The number of anilines is 2. The zero-order chi connectivity index (χ0) is 18.8. The topological polar surface area (TPSA) is 101 Å². The van der Waals surface area contributed by atoms with E-state index in [1.807, 2.05) is 13.8 Å². The van der Waals surface area contributed by atoms with Crippen LogP contribution in [0.3, 0.4) is 0 Å². The minimum Gasteiger partial charge on any atom is -0.326 e. The SMILES string of the molecule is CC.CCC(=O)Nc1cc(C(=O)Nc2ccccc2)cc([N+](=O)[O-])c1. The molecule has 132 valence electrons. The average molecular weight is 343 g/mol. The normalized spacial score (nSPS) is 9.40. The van der Waals surface area contributed by atoms with E-state index < -0.39 is 10.8 Å². The number of benzene rings is 2. The zero-order valence-electron chi connectivity index (χ0n) is 14.4. The lowest BCUT2D eigenvalue weighted by molar-refractivity contribution is -0.384. The molecule has 0 aliphatic carbocycles. The standard InChI is InChI=1S/C16H15N3O4.C2H6/c1-2-15(20)17-13-8-11(9-14(10-13)19(22)23)16(21)18-12-6-4-3-5-7-12;1-2/h3-10H,2H2,1H3,(H,17,20)(H,18,21);1-2H3. The highest BCUT2D eigenvalue weighted by atomic mass is 16.6. The summed E-state index contributed by atoms with van der Waals surface area (Å²) in [6, 6.07) is 12.5. The molecular formula is C18H21N3O4. The second kappa shape index (κ2) is 9.82. The fourth-order valence-electron chi connectivity index (χ4n) is 1.89. The molecule has 2 aromatic rings. The number of nitrogens with one attached hydrogen (secondary N) is 2. The van der Waals surface area contributed by atoms with Crippen molar-refractivity contribution in [2.45, 2.75) is 27.2 Å². The number of hydrogen-bond acceptors (Lipinski definition) is 4. The number of nitro groups is 1. The number of para-hydroxylation sites is 1. The predicted molar refractivity (Wildman–Crippen MR) is 97.8 cm³/mol. The number of nitro benzene ring substituents is 1. The van der Waals surface area contributed by atoms with E-state index in [-0.39, 0.29) is 29.3 Å². The first kappa shape index (κ1) is 19.8. The highest BCUT2D eigenvalue weighted by Gasteiger charge is 2.15. The second-order valence-electron chi connectivity index (χ2n) is 4.75. The third-order valence-electron chi connectivity index (χ3n) is 3.03. The Hall–Kier alpha value is -3.22. The molecule has 0 saturated carbocycles. The largest absolute Gasteiger partial charge is 0.326 e. The molecule has 2 amide bonds. The number of non-ortho nitro benzene ring substituents is 1. The molecule has 7 nitrogen and oxygen atoms in total. The van der Waals surface area contributed by atoms with Crippen LogP contribution in [0, 0.1) is 10.1 Å². The van der Waals surface area contributed by atoms with Gasteiger partial charge in [-0.2, -0.15) is 0 Å². The van der Waals surface area contributed by atoms with Gasteiger partial charge < -0.3 is 10.6 Å². The maximum absolute atomic E-state index is 12.3. The van der Waals surface area contributed by atoms with Gasteiger partial charge in [-0.3, -0.25) is 19.7 Å². The molecule has 0 unspecified atom stereocenters. The Morgan fingerprint density at radius 2 is 1.64 bits per heavy atom. The molecule has 0 radical (unpaired) electrons. The Bertz CT molecular complexity index is 745. The first-order chi connectivity index (χ1) is 12.0. The van der Waals surface area contributed by atoms with Crippen molar-refractivity contribution in [3.63, 3.8) is 0 Å². The van der Waals surface area contributed by atoms with Crippen molar-refractivity contribution in [3.05, 3.63) is 64.2 Å². The van der Waals surface area contributed by atoms with Gasteiger partial charge in [-0.15, -0.1) is 0 Å². The third-order valence-corrected chi connectivity index (χ3v) is 3.03. The van der Waals surface area contributed by atoms with Crippen molar-refractivity contribution in [2.75, 3.05) is 10.6 Å². The van der Waals surface area contributed by atoms with Gasteiger partial charge in [0.2, 0.25) is 5.91 Å². The Morgan fingerprint density at radius 3 is 2.20 bits per heavy atom. The van der Waals surface area contributed by atoms with E-state index in [9.17, 15) is 19.7 Å². The molecular weight excluding hydrogens is 322 g/mol. The summed E-state index contributed by atoms with van der Waals surface area (Å²) < 4.78 is 0. The van der Waals surface area contributed by atoms with Gasteiger partial charge >= 0.3 is 0 Å². The smallest absolute Gasteiger partial charge is 0.272 e. The second-order valence-corrected chi connectivity index (χ2v) is 4.75. The summed E-state index contributed by atoms with van der Waals surface area (Å²) >= 11 is 0. The summed E-state index contributed by atoms with van der Waals surface area (Å²) in [5.41, 5.74) is 0.610. The van der Waals surface area contributed by atoms with E-state index in [4.69, 9.17) is 0 Å². The first-order valence-electron chi connectivity index (χ1n) is 7.95. The number of amides is 2. The Labute approximate surface area is 146 Å². The molecule has 7 heteroatoms. The van der Waals surface area contributed by atoms with Crippen LogP contribution in [0.1, 0.15) is 37.6 Å². The van der Waals surface area contributed by atoms with Crippen LogP contribution in [-0.2, 0) is 4.79 Å². The molecule has 0 spiro atoms. The van der Waals surface area contributed by atoms with Gasteiger partial charge in [0.25, 0.3) is 11.6 Å². The lowest BCUT2D eigenvalue weighted by atomic mass is 10.1. The fraction of sp³-hybridized carbons (Fsp3) is 0.222. The van der Waals surface area contributed by atoms with Crippen LogP contribution >= 0.6 is 0 Å². The molecule has 2 N–H and O–H groups in total. The summed E-state index contributed by atoms with van der Waals surface area (Å²) in [6.07, 6.45) is 0.230. The van der Waals surface area contributed by atoms with Crippen molar-refractivity contribution in [2.24, 2.45) is 0 Å². The number of nitrogens with zero attached hydrogens (tertiary/aromatic N) is 1. The molecule has 2 rings (SSSR count). The van der Waals surface area contributed by atoms with Gasteiger partial charge in [0, 0.05) is 35.5 Å². The van der Waals surface area contributed by atoms with Gasteiger partial charge in [-0.25, -0.2) is 0 Å². The lowest BCUT2D eigenvalue weighted by Gasteiger charge is -2.08. The van der Waals surface area contributed by atoms with Crippen molar-refractivity contribution in [1.29, 1.82) is 0 Å². The van der Waals surface area contributed by atoms with E-state index in [0.29, 0.717) is 5.69 Å². The number of carbonyl (C=O) groups is 2. The molecule has 0 heterocycles. The zero-order valence-corrected chi connectivity index (χ0v) is 14.4. The molecule has 0 saturated heterocycles. The van der Waals surface area contributed by atoms with Crippen molar-refractivity contribution in [3.8, 4) is 0 Å². The number of hydrogen-bond donors (Lipinski definition) is 2. The van der Waals surface area contributed by atoms with E-state index in [2.05, 4.69) is 10.6 Å². The molecule has 0 aliphatic heterocycles. The molecule has 0 bridgehead atoms. The van der Waals surface area contributed by atoms with Crippen LogP contribution in [0.15, 0.2) is 48.5 Å². The van der Waals surface area contributed by atoms with Crippen LogP contribution in [0.25, 0.3) is 0 Å². The van der Waals surface area contributed by atoms with E-state index in [0.717, 1.165) is 0 Å². The minimum atomic E-state index is -0.610. The quantitative estimate of drug-likeness (QED) is 0.627. The highest BCUT2D eigenvalue weighted by molar-refractivity contribution is 6.05. The van der Waals surface area contributed by atoms with Crippen LogP contribution < -0.4 is 10.6 Å². The number of rotatable bonds is 5. The molecule has 0 aliphatic rings. The van der Waals surface area contributed by atoms with Crippen LogP contribution in [0.2, 0.25) is 0 Å². The van der Waals surface area contributed by atoms with E-state index in [1.54, 1.807) is 37.3 Å². The van der Waals surface area contributed by atoms with Crippen molar-refractivity contribution >= 4 is 28.9 Å². The minimum absolute atomic E-state index is 0.0921. The van der Waals surface area contributed by atoms with Crippen LogP contribution in [0.5, 0.6) is 0 Å². The van der Waals surface area contributed by atoms with Crippen molar-refractivity contribution in [1.82, 2.24) is 0 Å². The average Bonchev–Trinajstić information content (AvgIpc) is 2.63. The monoisotopic (exact) mass is 343 g/mol. The molecule has 2 aromatic carbocycles. The summed E-state index contributed by atoms with van der Waals surface area (Å²) in [4.78, 5) is 34.1. The van der Waals surface area contributed by atoms with Gasteiger partial charge in [0.15, 0.2) is 0 Å². The maximum atomic E-state index is 12.3. The molecule has 0 aromatic heterocycles. The summed E-state index contributed by atoms with van der Waals surface area (Å²) in [7, 11) is 0.